The Balaban J connectivity index is 1.38. The van der Waals surface area contributed by atoms with E-state index in [1.54, 1.807) is 29.2 Å². The zero-order chi connectivity index (χ0) is 21.3. The molecule has 1 aliphatic heterocycles. The molecule has 3 rings (SSSR count). The molecule has 154 valence electrons. The Morgan fingerprint density at radius 2 is 1.87 bits per heavy atom. The van der Waals surface area contributed by atoms with Gasteiger partial charge in [-0.2, -0.15) is 5.26 Å². The van der Waals surface area contributed by atoms with Gasteiger partial charge in [-0.1, -0.05) is 30.3 Å². The van der Waals surface area contributed by atoms with E-state index in [-0.39, 0.29) is 25.5 Å². The van der Waals surface area contributed by atoms with Crippen molar-refractivity contribution in [3.63, 3.8) is 0 Å². The third-order valence-electron chi connectivity index (χ3n) is 4.68. The molecule has 8 nitrogen and oxygen atoms in total. The van der Waals surface area contributed by atoms with E-state index in [0.717, 1.165) is 5.56 Å². The summed E-state index contributed by atoms with van der Waals surface area (Å²) in [4.78, 5) is 37.9. The molecule has 30 heavy (non-hydrogen) atoms. The number of amides is 3. The van der Waals surface area contributed by atoms with Crippen LogP contribution in [0.15, 0.2) is 54.6 Å². The molecule has 0 aromatic heterocycles. The molecule has 3 amide bonds. The number of carbonyl (C=O) groups is 3. The number of urea groups is 1. The minimum atomic E-state index is -0.634. The molecule has 1 saturated heterocycles. The highest BCUT2D eigenvalue weighted by Gasteiger charge is 2.33. The summed E-state index contributed by atoms with van der Waals surface area (Å²) in [7, 11) is 0. The van der Waals surface area contributed by atoms with E-state index in [1.807, 2.05) is 36.4 Å². The largest absolute Gasteiger partial charge is 0.461 e. The zero-order valence-electron chi connectivity index (χ0n) is 16.3. The Bertz CT molecular complexity index is 938. The maximum absolute atomic E-state index is 12.5. The maximum Gasteiger partial charge on any atom is 0.315 e. The van der Waals surface area contributed by atoms with E-state index in [4.69, 9.17) is 10.00 Å². The number of hydrogen-bond acceptors (Lipinski definition) is 5. The first-order chi connectivity index (χ1) is 14.6. The highest BCUT2D eigenvalue weighted by atomic mass is 16.5. The van der Waals surface area contributed by atoms with E-state index in [0.29, 0.717) is 24.2 Å². The van der Waals surface area contributed by atoms with Gasteiger partial charge in [0, 0.05) is 18.8 Å². The summed E-state index contributed by atoms with van der Waals surface area (Å²) in [5, 5.41) is 14.1. The van der Waals surface area contributed by atoms with Crippen LogP contribution in [0.3, 0.4) is 0 Å². The van der Waals surface area contributed by atoms with Crippen LogP contribution in [0.2, 0.25) is 0 Å². The molecule has 0 aliphatic carbocycles. The number of nitrogens with zero attached hydrogens (tertiary/aromatic N) is 2. The summed E-state index contributed by atoms with van der Waals surface area (Å²) < 4.78 is 5.15. The van der Waals surface area contributed by atoms with Gasteiger partial charge < -0.3 is 20.3 Å². The lowest BCUT2D eigenvalue weighted by molar-refractivity contribution is -0.144. The van der Waals surface area contributed by atoms with Crippen molar-refractivity contribution in [2.24, 2.45) is 0 Å². The number of esters is 1. The van der Waals surface area contributed by atoms with Gasteiger partial charge in [0.15, 0.2) is 0 Å². The second kappa shape index (κ2) is 10.1. The molecule has 0 bridgehead atoms. The number of benzene rings is 2. The molecule has 0 unspecified atom stereocenters. The quantitative estimate of drug-likeness (QED) is 0.684. The van der Waals surface area contributed by atoms with Crippen molar-refractivity contribution in [1.82, 2.24) is 10.6 Å². The van der Waals surface area contributed by atoms with Gasteiger partial charge in [-0.05, 0) is 36.2 Å². The van der Waals surface area contributed by atoms with Gasteiger partial charge in [0.25, 0.3) is 0 Å². The Morgan fingerprint density at radius 3 is 2.57 bits per heavy atom. The monoisotopic (exact) mass is 406 g/mol. The molecule has 0 radical (unpaired) electrons. The van der Waals surface area contributed by atoms with Crippen molar-refractivity contribution in [3.05, 3.63) is 65.7 Å². The molecular weight excluding hydrogens is 384 g/mol. The number of ether oxygens (including phenoxy) is 1. The van der Waals surface area contributed by atoms with Crippen LogP contribution in [0.25, 0.3) is 0 Å². The molecule has 1 atom stereocenters. The lowest BCUT2D eigenvalue weighted by Gasteiger charge is -2.17. The average molecular weight is 406 g/mol. The van der Waals surface area contributed by atoms with Crippen molar-refractivity contribution in [2.75, 3.05) is 18.0 Å². The minimum Gasteiger partial charge on any atom is -0.461 e. The van der Waals surface area contributed by atoms with Gasteiger partial charge in [0.05, 0.1) is 18.1 Å². The van der Waals surface area contributed by atoms with Crippen LogP contribution in [-0.4, -0.2) is 37.0 Å². The Kier molecular flexibility index (Phi) is 7.00. The van der Waals surface area contributed by atoms with Gasteiger partial charge in [0.2, 0.25) is 5.91 Å². The third-order valence-corrected chi connectivity index (χ3v) is 4.68. The maximum atomic E-state index is 12.5. The standard InChI is InChI=1S/C22H22N4O4/c23-14-16-6-8-18(9-7-16)26-13-11-19(21(26)28)25-22(29)24-12-10-20(27)30-15-17-4-2-1-3-5-17/h1-9,19H,10-13,15H2,(H2,24,25,29)/t19-/m0/s1. The lowest BCUT2D eigenvalue weighted by atomic mass is 10.2. The topological polar surface area (TPSA) is 112 Å². The number of rotatable bonds is 7. The molecule has 0 spiro atoms. The fraction of sp³-hybridized carbons (Fsp3) is 0.273. The predicted molar refractivity (Wildman–Crippen MR) is 109 cm³/mol. The van der Waals surface area contributed by atoms with Gasteiger partial charge in [-0.25, -0.2) is 4.79 Å². The second-order valence-corrected chi connectivity index (χ2v) is 6.79. The van der Waals surface area contributed by atoms with E-state index in [2.05, 4.69) is 10.6 Å². The normalized spacial score (nSPS) is 15.4. The summed E-state index contributed by atoms with van der Waals surface area (Å²) in [6.07, 6.45) is 0.515. The lowest BCUT2D eigenvalue weighted by Crippen LogP contribution is -2.46. The molecular formula is C22H22N4O4. The Hall–Kier alpha value is -3.86. The molecule has 1 aliphatic rings. The van der Waals surface area contributed by atoms with Crippen molar-refractivity contribution in [2.45, 2.75) is 25.5 Å². The summed E-state index contributed by atoms with van der Waals surface area (Å²) in [5.74, 6) is -0.625. The van der Waals surface area contributed by atoms with Crippen molar-refractivity contribution in [3.8, 4) is 6.07 Å². The van der Waals surface area contributed by atoms with E-state index in [1.165, 1.54) is 0 Å². The number of carbonyl (C=O) groups excluding carboxylic acids is 3. The molecule has 8 heteroatoms. The van der Waals surface area contributed by atoms with Crippen LogP contribution in [0.4, 0.5) is 10.5 Å². The summed E-state index contributed by atoms with van der Waals surface area (Å²) in [5.41, 5.74) is 2.09. The Labute approximate surface area is 174 Å². The minimum absolute atomic E-state index is 0.0379. The first-order valence-electron chi connectivity index (χ1n) is 9.62. The van der Waals surface area contributed by atoms with Crippen molar-refractivity contribution >= 4 is 23.6 Å². The fourth-order valence-electron chi connectivity index (χ4n) is 3.08. The van der Waals surface area contributed by atoms with Gasteiger partial charge >= 0.3 is 12.0 Å². The number of hydrogen-bond donors (Lipinski definition) is 2. The molecule has 2 N–H and O–H groups in total. The zero-order valence-corrected chi connectivity index (χ0v) is 16.3. The van der Waals surface area contributed by atoms with Crippen LogP contribution in [0.5, 0.6) is 0 Å². The SMILES string of the molecule is N#Cc1ccc(N2CC[C@H](NC(=O)NCCC(=O)OCc3ccccc3)C2=O)cc1. The van der Waals surface area contributed by atoms with Crippen LogP contribution < -0.4 is 15.5 Å². The fourth-order valence-corrected chi connectivity index (χ4v) is 3.08. The highest BCUT2D eigenvalue weighted by molar-refractivity contribution is 6.01. The molecule has 2 aromatic rings. The number of nitriles is 1. The predicted octanol–water partition coefficient (Wildman–Crippen LogP) is 2.10. The second-order valence-electron chi connectivity index (χ2n) is 6.79. The van der Waals surface area contributed by atoms with Crippen LogP contribution in [0, 0.1) is 11.3 Å². The first kappa shape index (κ1) is 20.9. The van der Waals surface area contributed by atoms with Crippen LogP contribution in [-0.2, 0) is 20.9 Å². The average Bonchev–Trinajstić information content (AvgIpc) is 3.13. The van der Waals surface area contributed by atoms with E-state index in [9.17, 15) is 14.4 Å². The smallest absolute Gasteiger partial charge is 0.315 e. The van der Waals surface area contributed by atoms with E-state index >= 15 is 0 Å². The number of anilines is 1. The van der Waals surface area contributed by atoms with E-state index < -0.39 is 18.0 Å². The van der Waals surface area contributed by atoms with Gasteiger partial charge in [-0.3, -0.25) is 9.59 Å². The highest BCUT2D eigenvalue weighted by Crippen LogP contribution is 2.22. The van der Waals surface area contributed by atoms with Crippen LogP contribution >= 0.6 is 0 Å². The molecule has 2 aromatic carbocycles. The van der Waals surface area contributed by atoms with Gasteiger partial charge in [-0.15, -0.1) is 0 Å². The van der Waals surface area contributed by atoms with Gasteiger partial charge in [0.1, 0.15) is 12.6 Å². The third kappa shape index (κ3) is 5.58. The van der Waals surface area contributed by atoms with Crippen molar-refractivity contribution in [1.29, 1.82) is 5.26 Å². The first-order valence-corrected chi connectivity index (χ1v) is 9.62. The van der Waals surface area contributed by atoms with Crippen molar-refractivity contribution < 1.29 is 19.1 Å². The molecule has 0 saturated carbocycles. The summed E-state index contributed by atoms with van der Waals surface area (Å²) >= 11 is 0. The number of nitrogens with one attached hydrogen (secondary N) is 2. The summed E-state index contributed by atoms with van der Waals surface area (Å²) in [6.45, 7) is 0.773. The van der Waals surface area contributed by atoms with Crippen LogP contribution in [0.1, 0.15) is 24.0 Å². The molecule has 1 heterocycles. The summed E-state index contributed by atoms with van der Waals surface area (Å²) in [6, 6.07) is 16.9. The Morgan fingerprint density at radius 1 is 1.13 bits per heavy atom. The molecule has 1 fully saturated rings.